The molecule has 1 aliphatic rings. The largest absolute Gasteiger partial charge is 0.494 e. The van der Waals surface area contributed by atoms with Crippen molar-refractivity contribution in [3.05, 3.63) is 29.6 Å². The standard InChI is InChI=1S/C16H25FN2O/c1-5-16(3)11-18-12(2)9-19(16)10-13-6-7-15(20-4)14(17)8-13/h6-8,12,18H,5,9-11H2,1-4H3. The van der Waals surface area contributed by atoms with Crippen molar-refractivity contribution in [2.24, 2.45) is 0 Å². The first kappa shape index (κ1) is 15.3. The minimum atomic E-state index is -0.286. The molecule has 0 amide bonds. The molecule has 1 fully saturated rings. The molecule has 0 aromatic heterocycles. The zero-order valence-corrected chi connectivity index (χ0v) is 12.9. The fraction of sp³-hybridized carbons (Fsp3) is 0.625. The highest BCUT2D eigenvalue weighted by molar-refractivity contribution is 5.29. The van der Waals surface area contributed by atoms with Gasteiger partial charge in [0.25, 0.3) is 0 Å². The van der Waals surface area contributed by atoms with Crippen LogP contribution in [0.2, 0.25) is 0 Å². The van der Waals surface area contributed by atoms with Gasteiger partial charge in [-0.25, -0.2) is 4.39 Å². The second-order valence-electron chi connectivity index (χ2n) is 5.98. The molecule has 1 aliphatic heterocycles. The highest BCUT2D eigenvalue weighted by Gasteiger charge is 2.34. The summed E-state index contributed by atoms with van der Waals surface area (Å²) in [6, 6.07) is 5.71. The Bertz CT molecular complexity index is 466. The van der Waals surface area contributed by atoms with Crippen LogP contribution in [-0.4, -0.2) is 36.7 Å². The first-order valence-electron chi connectivity index (χ1n) is 7.29. The van der Waals surface area contributed by atoms with E-state index in [1.54, 1.807) is 12.1 Å². The van der Waals surface area contributed by atoms with E-state index in [0.717, 1.165) is 31.6 Å². The number of benzene rings is 1. The van der Waals surface area contributed by atoms with E-state index in [4.69, 9.17) is 4.74 Å². The monoisotopic (exact) mass is 280 g/mol. The van der Waals surface area contributed by atoms with E-state index in [1.165, 1.54) is 7.11 Å². The van der Waals surface area contributed by atoms with E-state index in [9.17, 15) is 4.39 Å². The van der Waals surface area contributed by atoms with Crippen LogP contribution in [-0.2, 0) is 6.54 Å². The van der Waals surface area contributed by atoms with Gasteiger partial charge >= 0.3 is 0 Å². The summed E-state index contributed by atoms with van der Waals surface area (Å²) in [5, 5.41) is 3.53. The topological polar surface area (TPSA) is 24.5 Å². The van der Waals surface area contributed by atoms with Crippen LogP contribution in [0.15, 0.2) is 18.2 Å². The van der Waals surface area contributed by atoms with E-state index in [2.05, 4.69) is 31.0 Å². The summed E-state index contributed by atoms with van der Waals surface area (Å²) in [4.78, 5) is 2.45. The average Bonchev–Trinajstić information content (AvgIpc) is 2.43. The van der Waals surface area contributed by atoms with Gasteiger partial charge in [-0.15, -0.1) is 0 Å². The SMILES string of the molecule is CCC1(C)CNC(C)CN1Cc1ccc(OC)c(F)c1. The van der Waals surface area contributed by atoms with Crippen molar-refractivity contribution in [1.82, 2.24) is 10.2 Å². The second-order valence-corrected chi connectivity index (χ2v) is 5.98. The van der Waals surface area contributed by atoms with Gasteiger partial charge in [-0.1, -0.05) is 13.0 Å². The number of piperazine rings is 1. The van der Waals surface area contributed by atoms with Gasteiger partial charge in [-0.3, -0.25) is 4.90 Å². The molecule has 2 unspecified atom stereocenters. The Kier molecular flexibility index (Phi) is 4.66. The summed E-state index contributed by atoms with van der Waals surface area (Å²) in [5.41, 5.74) is 1.13. The molecular weight excluding hydrogens is 255 g/mol. The fourth-order valence-electron chi connectivity index (χ4n) is 2.75. The lowest BCUT2D eigenvalue weighted by Crippen LogP contribution is -2.61. The van der Waals surface area contributed by atoms with Crippen molar-refractivity contribution in [3.63, 3.8) is 0 Å². The van der Waals surface area contributed by atoms with Crippen LogP contribution >= 0.6 is 0 Å². The molecule has 0 bridgehead atoms. The Hall–Kier alpha value is -1.13. The summed E-state index contributed by atoms with van der Waals surface area (Å²) in [7, 11) is 1.49. The first-order chi connectivity index (χ1) is 9.48. The molecule has 0 radical (unpaired) electrons. The zero-order valence-electron chi connectivity index (χ0n) is 12.9. The number of halogens is 1. The van der Waals surface area contributed by atoms with E-state index >= 15 is 0 Å². The molecule has 1 N–H and O–H groups in total. The molecule has 0 aliphatic carbocycles. The summed E-state index contributed by atoms with van der Waals surface area (Å²) in [6.07, 6.45) is 1.07. The average molecular weight is 280 g/mol. The molecule has 1 aromatic rings. The number of ether oxygens (including phenoxy) is 1. The van der Waals surface area contributed by atoms with Gasteiger partial charge in [0.1, 0.15) is 0 Å². The van der Waals surface area contributed by atoms with Crippen LogP contribution in [0.5, 0.6) is 5.75 Å². The number of rotatable bonds is 4. The summed E-state index contributed by atoms with van der Waals surface area (Å²) in [6.45, 7) is 9.40. The molecular formula is C16H25FN2O. The maximum atomic E-state index is 13.8. The normalized spacial score (nSPS) is 27.6. The van der Waals surface area contributed by atoms with Crippen LogP contribution in [0, 0.1) is 5.82 Å². The van der Waals surface area contributed by atoms with Gasteiger partial charge in [0.05, 0.1) is 7.11 Å². The smallest absolute Gasteiger partial charge is 0.165 e. The zero-order chi connectivity index (χ0) is 14.8. The van der Waals surface area contributed by atoms with Crippen molar-refractivity contribution < 1.29 is 9.13 Å². The maximum absolute atomic E-state index is 13.8. The third-order valence-corrected chi connectivity index (χ3v) is 4.44. The van der Waals surface area contributed by atoms with Crippen LogP contribution in [0.4, 0.5) is 4.39 Å². The predicted octanol–water partition coefficient (Wildman–Crippen LogP) is 2.80. The molecule has 1 aromatic carbocycles. The van der Waals surface area contributed by atoms with Gasteiger partial charge in [0, 0.05) is 31.2 Å². The Balaban J connectivity index is 2.16. The number of methoxy groups -OCH3 is 1. The molecule has 20 heavy (non-hydrogen) atoms. The summed E-state index contributed by atoms with van der Waals surface area (Å²) in [5.74, 6) is 0.0204. The Morgan fingerprint density at radius 2 is 2.25 bits per heavy atom. The lowest BCUT2D eigenvalue weighted by molar-refractivity contribution is 0.0452. The molecule has 1 heterocycles. The molecule has 2 rings (SSSR count). The van der Waals surface area contributed by atoms with E-state index < -0.39 is 0 Å². The van der Waals surface area contributed by atoms with Crippen molar-refractivity contribution in [1.29, 1.82) is 0 Å². The van der Waals surface area contributed by atoms with Gasteiger partial charge < -0.3 is 10.1 Å². The predicted molar refractivity (Wildman–Crippen MR) is 79.5 cm³/mol. The maximum Gasteiger partial charge on any atom is 0.165 e. The van der Waals surface area contributed by atoms with Crippen LogP contribution < -0.4 is 10.1 Å². The van der Waals surface area contributed by atoms with Crippen molar-refractivity contribution >= 4 is 0 Å². The van der Waals surface area contributed by atoms with Gasteiger partial charge in [0.15, 0.2) is 11.6 Å². The van der Waals surface area contributed by atoms with Crippen molar-refractivity contribution in [2.75, 3.05) is 20.2 Å². The fourth-order valence-corrected chi connectivity index (χ4v) is 2.75. The summed E-state index contributed by atoms with van der Waals surface area (Å²) >= 11 is 0. The molecule has 0 saturated carbocycles. The van der Waals surface area contributed by atoms with E-state index in [1.807, 2.05) is 6.07 Å². The number of nitrogens with one attached hydrogen (secondary N) is 1. The molecule has 0 spiro atoms. The molecule has 4 heteroatoms. The number of nitrogens with zero attached hydrogens (tertiary/aromatic N) is 1. The minimum absolute atomic E-state index is 0.128. The van der Waals surface area contributed by atoms with Crippen LogP contribution in [0.3, 0.4) is 0 Å². The lowest BCUT2D eigenvalue weighted by atomic mass is 9.91. The minimum Gasteiger partial charge on any atom is -0.494 e. The first-order valence-corrected chi connectivity index (χ1v) is 7.29. The Labute approximate surface area is 121 Å². The lowest BCUT2D eigenvalue weighted by Gasteiger charge is -2.47. The highest BCUT2D eigenvalue weighted by atomic mass is 19.1. The number of hydrogen-bond donors (Lipinski definition) is 1. The third kappa shape index (κ3) is 3.13. The second kappa shape index (κ2) is 6.10. The summed E-state index contributed by atoms with van der Waals surface area (Å²) < 4.78 is 18.8. The van der Waals surface area contributed by atoms with E-state index in [0.29, 0.717) is 11.8 Å². The van der Waals surface area contributed by atoms with Gasteiger partial charge in [-0.05, 0) is 38.0 Å². The molecule has 1 saturated heterocycles. The highest BCUT2D eigenvalue weighted by Crippen LogP contribution is 2.26. The van der Waals surface area contributed by atoms with Crippen LogP contribution in [0.1, 0.15) is 32.8 Å². The van der Waals surface area contributed by atoms with Gasteiger partial charge in [0.2, 0.25) is 0 Å². The quantitative estimate of drug-likeness (QED) is 0.918. The molecule has 3 nitrogen and oxygen atoms in total. The molecule has 2 atom stereocenters. The molecule has 112 valence electrons. The Morgan fingerprint density at radius 1 is 1.50 bits per heavy atom. The van der Waals surface area contributed by atoms with E-state index in [-0.39, 0.29) is 11.4 Å². The van der Waals surface area contributed by atoms with Crippen LogP contribution in [0.25, 0.3) is 0 Å². The van der Waals surface area contributed by atoms with Gasteiger partial charge in [-0.2, -0.15) is 0 Å². The Morgan fingerprint density at radius 3 is 2.85 bits per heavy atom. The third-order valence-electron chi connectivity index (χ3n) is 4.44. The number of hydrogen-bond acceptors (Lipinski definition) is 3. The van der Waals surface area contributed by atoms with Crippen molar-refractivity contribution in [2.45, 2.75) is 45.3 Å². The van der Waals surface area contributed by atoms with Crippen molar-refractivity contribution in [3.8, 4) is 5.75 Å².